The molecule has 0 fully saturated rings. The van der Waals surface area contributed by atoms with Gasteiger partial charge in [-0.2, -0.15) is 0 Å². The topological polar surface area (TPSA) is 95.1 Å². The lowest BCUT2D eigenvalue weighted by Crippen LogP contribution is -2.27. The van der Waals surface area contributed by atoms with E-state index in [1.165, 1.54) is 0 Å². The lowest BCUT2D eigenvalue weighted by molar-refractivity contribution is -0.124. The first kappa shape index (κ1) is 25.8. The standard InChI is InChI=1S/C19H38N2O6/c1-20-18(22)9-8-15-25-13-6-7-14-27-17-21-19(23)10-16-26-12-5-3-4-11-24-2/h3-17H2,1-2H3,(H,20,22)(H,21,23). The van der Waals surface area contributed by atoms with Crippen molar-refractivity contribution in [3.05, 3.63) is 0 Å². The Balaban J connectivity index is 3.18. The molecule has 0 heterocycles. The highest BCUT2D eigenvalue weighted by atomic mass is 16.5. The Kier molecular flexibility index (Phi) is 20.1. The van der Waals surface area contributed by atoms with Crippen LogP contribution in [0, 0.1) is 0 Å². The smallest absolute Gasteiger partial charge is 0.224 e. The Hall–Kier alpha value is -1.22. The highest BCUT2D eigenvalue weighted by molar-refractivity contribution is 5.75. The van der Waals surface area contributed by atoms with Crippen molar-refractivity contribution in [2.75, 3.05) is 60.5 Å². The minimum Gasteiger partial charge on any atom is -0.385 e. The first-order chi connectivity index (χ1) is 13.2. The van der Waals surface area contributed by atoms with Gasteiger partial charge in [0, 0.05) is 53.6 Å². The van der Waals surface area contributed by atoms with Gasteiger partial charge in [-0.1, -0.05) is 0 Å². The van der Waals surface area contributed by atoms with Crippen molar-refractivity contribution in [1.82, 2.24) is 10.6 Å². The fourth-order valence-corrected chi connectivity index (χ4v) is 2.16. The molecule has 160 valence electrons. The van der Waals surface area contributed by atoms with Crippen LogP contribution in [0.1, 0.15) is 51.4 Å². The van der Waals surface area contributed by atoms with Gasteiger partial charge in [0.1, 0.15) is 6.73 Å². The summed E-state index contributed by atoms with van der Waals surface area (Å²) in [7, 11) is 3.33. The summed E-state index contributed by atoms with van der Waals surface area (Å²) in [6, 6.07) is 0. The number of carbonyl (C=O) groups excluding carboxylic acids is 2. The third-order valence-electron chi connectivity index (χ3n) is 3.78. The highest BCUT2D eigenvalue weighted by Crippen LogP contribution is 1.97. The van der Waals surface area contributed by atoms with E-state index in [-0.39, 0.29) is 18.5 Å². The van der Waals surface area contributed by atoms with Gasteiger partial charge < -0.3 is 29.6 Å². The summed E-state index contributed by atoms with van der Waals surface area (Å²) >= 11 is 0. The van der Waals surface area contributed by atoms with Crippen molar-refractivity contribution in [3.63, 3.8) is 0 Å². The van der Waals surface area contributed by atoms with E-state index >= 15 is 0 Å². The molecule has 0 aliphatic heterocycles. The van der Waals surface area contributed by atoms with Gasteiger partial charge in [-0.3, -0.25) is 9.59 Å². The highest BCUT2D eigenvalue weighted by Gasteiger charge is 2.01. The molecular weight excluding hydrogens is 352 g/mol. The summed E-state index contributed by atoms with van der Waals surface area (Å²) in [6.07, 6.45) is 6.47. The van der Waals surface area contributed by atoms with Gasteiger partial charge in [0.2, 0.25) is 11.8 Å². The predicted octanol–water partition coefficient (Wildman–Crippen LogP) is 1.62. The Labute approximate surface area is 163 Å². The zero-order valence-electron chi connectivity index (χ0n) is 17.1. The lowest BCUT2D eigenvalue weighted by Gasteiger charge is -2.08. The first-order valence-corrected chi connectivity index (χ1v) is 9.90. The number of methoxy groups -OCH3 is 1. The van der Waals surface area contributed by atoms with Gasteiger partial charge in [0.05, 0.1) is 13.0 Å². The van der Waals surface area contributed by atoms with Crippen LogP contribution < -0.4 is 10.6 Å². The van der Waals surface area contributed by atoms with Crippen molar-refractivity contribution in [2.24, 2.45) is 0 Å². The lowest BCUT2D eigenvalue weighted by atomic mass is 10.2. The van der Waals surface area contributed by atoms with E-state index in [1.54, 1.807) is 14.2 Å². The maximum absolute atomic E-state index is 11.6. The zero-order chi connectivity index (χ0) is 20.0. The van der Waals surface area contributed by atoms with Crippen molar-refractivity contribution < 1.29 is 28.5 Å². The second-order valence-corrected chi connectivity index (χ2v) is 6.16. The summed E-state index contributed by atoms with van der Waals surface area (Å²) in [6.45, 7) is 3.97. The van der Waals surface area contributed by atoms with Crippen LogP contribution in [-0.2, 0) is 28.5 Å². The number of hydrogen-bond acceptors (Lipinski definition) is 6. The van der Waals surface area contributed by atoms with E-state index in [0.29, 0.717) is 45.9 Å². The van der Waals surface area contributed by atoms with Gasteiger partial charge in [0.15, 0.2) is 0 Å². The summed E-state index contributed by atoms with van der Waals surface area (Å²) in [4.78, 5) is 22.6. The van der Waals surface area contributed by atoms with E-state index in [4.69, 9.17) is 18.9 Å². The minimum atomic E-state index is -0.0613. The quantitative estimate of drug-likeness (QED) is 0.242. The second kappa shape index (κ2) is 21.1. The van der Waals surface area contributed by atoms with Crippen LogP contribution in [0.15, 0.2) is 0 Å². The maximum atomic E-state index is 11.6. The first-order valence-electron chi connectivity index (χ1n) is 9.90. The Bertz CT molecular complexity index is 355. The van der Waals surface area contributed by atoms with Gasteiger partial charge in [-0.05, 0) is 38.5 Å². The average Bonchev–Trinajstić information content (AvgIpc) is 2.67. The molecule has 0 aliphatic carbocycles. The predicted molar refractivity (Wildman–Crippen MR) is 103 cm³/mol. The van der Waals surface area contributed by atoms with E-state index in [2.05, 4.69) is 10.6 Å². The SMILES string of the molecule is CNC(=O)CCCOCCCCOCNC(=O)CCOCCCCCOC. The second-order valence-electron chi connectivity index (χ2n) is 6.16. The largest absolute Gasteiger partial charge is 0.385 e. The van der Waals surface area contributed by atoms with Crippen molar-refractivity contribution in [1.29, 1.82) is 0 Å². The molecule has 2 amide bonds. The fraction of sp³-hybridized carbons (Fsp3) is 0.895. The van der Waals surface area contributed by atoms with Crippen LogP contribution >= 0.6 is 0 Å². The molecule has 0 aromatic rings. The summed E-state index contributed by atoms with van der Waals surface area (Å²) in [5, 5.41) is 5.29. The van der Waals surface area contributed by atoms with Crippen LogP contribution in [0.4, 0.5) is 0 Å². The number of unbranched alkanes of at least 4 members (excludes halogenated alkanes) is 3. The van der Waals surface area contributed by atoms with E-state index in [0.717, 1.165) is 45.1 Å². The third kappa shape index (κ3) is 20.9. The molecule has 8 heteroatoms. The molecule has 0 saturated carbocycles. The van der Waals surface area contributed by atoms with Crippen molar-refractivity contribution in [3.8, 4) is 0 Å². The number of ether oxygens (including phenoxy) is 4. The molecule has 0 aromatic heterocycles. The molecular formula is C19H38N2O6. The summed E-state index contributed by atoms with van der Waals surface area (Å²) in [5.74, 6) is -0.0209. The molecule has 2 N–H and O–H groups in total. The van der Waals surface area contributed by atoms with Gasteiger partial charge in [0.25, 0.3) is 0 Å². The molecule has 0 aromatic carbocycles. The molecule has 0 unspecified atom stereocenters. The molecule has 8 nitrogen and oxygen atoms in total. The number of carbonyl (C=O) groups is 2. The normalized spacial score (nSPS) is 10.7. The molecule has 27 heavy (non-hydrogen) atoms. The van der Waals surface area contributed by atoms with Crippen LogP contribution in [0.3, 0.4) is 0 Å². The molecule has 0 bridgehead atoms. The summed E-state index contributed by atoms with van der Waals surface area (Å²) in [5.41, 5.74) is 0. The number of rotatable bonds is 20. The van der Waals surface area contributed by atoms with Crippen LogP contribution in [0.5, 0.6) is 0 Å². The Morgan fingerprint density at radius 2 is 1.26 bits per heavy atom. The van der Waals surface area contributed by atoms with Crippen LogP contribution in [0.2, 0.25) is 0 Å². The number of nitrogens with one attached hydrogen (secondary N) is 2. The molecule has 0 rings (SSSR count). The van der Waals surface area contributed by atoms with E-state index in [1.807, 2.05) is 0 Å². The average molecular weight is 391 g/mol. The van der Waals surface area contributed by atoms with E-state index in [9.17, 15) is 9.59 Å². The monoisotopic (exact) mass is 390 g/mol. The van der Waals surface area contributed by atoms with Crippen LogP contribution in [-0.4, -0.2) is 72.3 Å². The number of hydrogen-bond donors (Lipinski definition) is 2. The molecule has 0 saturated heterocycles. The fourth-order valence-electron chi connectivity index (χ4n) is 2.16. The minimum absolute atomic E-state index is 0.0403. The van der Waals surface area contributed by atoms with Crippen LogP contribution in [0.25, 0.3) is 0 Å². The summed E-state index contributed by atoms with van der Waals surface area (Å²) < 4.78 is 21.2. The zero-order valence-corrected chi connectivity index (χ0v) is 17.1. The van der Waals surface area contributed by atoms with Crippen molar-refractivity contribution >= 4 is 11.8 Å². The number of amides is 2. The Morgan fingerprint density at radius 1 is 0.667 bits per heavy atom. The maximum Gasteiger partial charge on any atom is 0.224 e. The van der Waals surface area contributed by atoms with Gasteiger partial charge in [-0.15, -0.1) is 0 Å². The third-order valence-corrected chi connectivity index (χ3v) is 3.78. The molecule has 0 radical (unpaired) electrons. The molecule has 0 spiro atoms. The molecule has 0 aliphatic rings. The van der Waals surface area contributed by atoms with Gasteiger partial charge >= 0.3 is 0 Å². The van der Waals surface area contributed by atoms with E-state index < -0.39 is 0 Å². The molecule has 0 atom stereocenters. The van der Waals surface area contributed by atoms with Gasteiger partial charge in [-0.25, -0.2) is 0 Å². The van der Waals surface area contributed by atoms with Crippen molar-refractivity contribution in [2.45, 2.75) is 51.4 Å². The Morgan fingerprint density at radius 3 is 1.96 bits per heavy atom.